The third-order valence-electron chi connectivity index (χ3n) is 3.78. The normalized spacial score (nSPS) is 20.6. The Morgan fingerprint density at radius 3 is 2.81 bits per heavy atom. The highest BCUT2D eigenvalue weighted by Gasteiger charge is 2.26. The fraction of sp³-hybridized carbons (Fsp3) is 0.615. The van der Waals surface area contributed by atoms with Crippen molar-refractivity contribution in [3.63, 3.8) is 0 Å². The minimum atomic E-state index is -3.69. The molecule has 2 N–H and O–H groups in total. The number of carboxylic acid groups (broad SMARTS) is 1. The van der Waals surface area contributed by atoms with Gasteiger partial charge in [0.1, 0.15) is 10.6 Å². The van der Waals surface area contributed by atoms with Crippen molar-refractivity contribution in [1.29, 1.82) is 0 Å². The fourth-order valence-electron chi connectivity index (χ4n) is 2.62. The first-order valence-corrected chi connectivity index (χ1v) is 8.46. The van der Waals surface area contributed by atoms with Crippen molar-refractivity contribution < 1.29 is 18.3 Å². The second-order valence-electron chi connectivity index (χ2n) is 5.33. The Morgan fingerprint density at radius 2 is 2.24 bits per heavy atom. The molecule has 2 rings (SSSR count). The molecule has 1 atom stereocenters. The number of piperidine rings is 1. The standard InChI is InChI=1S/C13H21N3O4S/c1-3-16-6-4-5-10(8-16)14-21(19,20)11-7-12(13(17)18)15(2)9-11/h7,9-10,14H,3-6,8H2,1-2H3,(H,17,18). The zero-order valence-electron chi connectivity index (χ0n) is 12.2. The summed E-state index contributed by atoms with van der Waals surface area (Å²) in [7, 11) is -2.17. The molecule has 0 aromatic carbocycles. The summed E-state index contributed by atoms with van der Waals surface area (Å²) in [6.07, 6.45) is 3.08. The topological polar surface area (TPSA) is 91.6 Å². The van der Waals surface area contributed by atoms with Gasteiger partial charge >= 0.3 is 5.97 Å². The Bertz CT molecular complexity index is 623. The molecule has 118 valence electrons. The average Bonchev–Trinajstić information content (AvgIpc) is 2.81. The third kappa shape index (κ3) is 3.63. The van der Waals surface area contributed by atoms with Crippen molar-refractivity contribution >= 4 is 16.0 Å². The van der Waals surface area contributed by atoms with E-state index in [-0.39, 0.29) is 16.6 Å². The molecule has 1 aliphatic rings. The Kier molecular flexibility index (Phi) is 4.70. The molecular formula is C13H21N3O4S. The highest BCUT2D eigenvalue weighted by Crippen LogP contribution is 2.16. The number of likely N-dealkylation sites (N-methyl/N-ethyl adjacent to an activating group) is 1. The number of likely N-dealkylation sites (tertiary alicyclic amines) is 1. The van der Waals surface area contributed by atoms with E-state index in [0.717, 1.165) is 25.9 Å². The van der Waals surface area contributed by atoms with Gasteiger partial charge in [-0.25, -0.2) is 17.9 Å². The van der Waals surface area contributed by atoms with E-state index in [1.54, 1.807) is 0 Å². The lowest BCUT2D eigenvalue weighted by Crippen LogP contribution is -2.47. The molecule has 0 aliphatic carbocycles. The van der Waals surface area contributed by atoms with Gasteiger partial charge in [0.25, 0.3) is 0 Å². The van der Waals surface area contributed by atoms with E-state index in [1.807, 2.05) is 6.92 Å². The summed E-state index contributed by atoms with van der Waals surface area (Å²) in [5.74, 6) is -1.14. The second-order valence-corrected chi connectivity index (χ2v) is 7.04. The first kappa shape index (κ1) is 16.0. The molecule has 1 fully saturated rings. The maximum atomic E-state index is 12.3. The number of nitrogens with one attached hydrogen (secondary N) is 1. The zero-order chi connectivity index (χ0) is 15.6. The molecular weight excluding hydrogens is 294 g/mol. The summed E-state index contributed by atoms with van der Waals surface area (Å²) in [5.41, 5.74) is -0.0470. The molecule has 7 nitrogen and oxygen atoms in total. The highest BCUT2D eigenvalue weighted by atomic mass is 32.2. The monoisotopic (exact) mass is 315 g/mol. The number of aryl methyl sites for hydroxylation is 1. The van der Waals surface area contributed by atoms with Gasteiger partial charge < -0.3 is 14.6 Å². The van der Waals surface area contributed by atoms with Crippen molar-refractivity contribution in [1.82, 2.24) is 14.2 Å². The van der Waals surface area contributed by atoms with Gasteiger partial charge in [0.2, 0.25) is 10.0 Å². The van der Waals surface area contributed by atoms with Gasteiger partial charge in [-0.15, -0.1) is 0 Å². The summed E-state index contributed by atoms with van der Waals surface area (Å²) < 4.78 is 28.7. The molecule has 0 saturated carbocycles. The van der Waals surface area contributed by atoms with Crippen LogP contribution in [0.15, 0.2) is 17.2 Å². The minimum Gasteiger partial charge on any atom is -0.477 e. The van der Waals surface area contributed by atoms with E-state index in [0.29, 0.717) is 6.54 Å². The number of carbonyl (C=O) groups is 1. The van der Waals surface area contributed by atoms with Crippen LogP contribution >= 0.6 is 0 Å². The molecule has 0 bridgehead atoms. The first-order chi connectivity index (χ1) is 9.83. The summed E-state index contributed by atoms with van der Waals surface area (Å²) in [5, 5.41) is 8.99. The molecule has 0 radical (unpaired) electrons. The largest absolute Gasteiger partial charge is 0.477 e. The van der Waals surface area contributed by atoms with Crippen molar-refractivity contribution in [3.05, 3.63) is 18.0 Å². The molecule has 1 aliphatic heterocycles. The molecule has 1 saturated heterocycles. The predicted octanol–water partition coefficient (Wildman–Crippen LogP) is 0.486. The van der Waals surface area contributed by atoms with Crippen LogP contribution in [0.25, 0.3) is 0 Å². The lowest BCUT2D eigenvalue weighted by Gasteiger charge is -2.31. The van der Waals surface area contributed by atoms with Crippen LogP contribution in [0.2, 0.25) is 0 Å². The molecule has 1 unspecified atom stereocenters. The van der Waals surface area contributed by atoms with Crippen LogP contribution in [-0.2, 0) is 17.1 Å². The van der Waals surface area contributed by atoms with Crippen LogP contribution < -0.4 is 4.72 Å². The number of nitrogens with zero attached hydrogens (tertiary/aromatic N) is 2. The lowest BCUT2D eigenvalue weighted by molar-refractivity contribution is 0.0686. The molecule has 2 heterocycles. The SMILES string of the molecule is CCN1CCCC(NS(=O)(=O)c2cc(C(=O)O)n(C)c2)C1. The van der Waals surface area contributed by atoms with Crippen LogP contribution in [-0.4, -0.2) is 54.6 Å². The minimum absolute atomic E-state index is 0.00368. The van der Waals surface area contributed by atoms with Crippen LogP contribution in [0.1, 0.15) is 30.3 Å². The van der Waals surface area contributed by atoms with Gasteiger partial charge in [0, 0.05) is 25.8 Å². The number of aromatic carboxylic acids is 1. The Labute approximate surface area is 124 Å². The average molecular weight is 315 g/mol. The van der Waals surface area contributed by atoms with Gasteiger partial charge in [-0.3, -0.25) is 0 Å². The third-order valence-corrected chi connectivity index (χ3v) is 5.27. The highest BCUT2D eigenvalue weighted by molar-refractivity contribution is 7.89. The smallest absolute Gasteiger partial charge is 0.352 e. The Balaban J connectivity index is 2.15. The second kappa shape index (κ2) is 6.17. The summed E-state index contributed by atoms with van der Waals surface area (Å²) in [6, 6.07) is 1.06. The Hall–Kier alpha value is -1.38. The summed E-state index contributed by atoms with van der Waals surface area (Å²) in [6.45, 7) is 4.62. The van der Waals surface area contributed by atoms with Crippen molar-refractivity contribution in [3.8, 4) is 0 Å². The van der Waals surface area contributed by atoms with Crippen LogP contribution in [0.5, 0.6) is 0 Å². The number of hydrogen-bond acceptors (Lipinski definition) is 4. The van der Waals surface area contributed by atoms with Gasteiger partial charge in [-0.2, -0.15) is 0 Å². The van der Waals surface area contributed by atoms with E-state index in [1.165, 1.54) is 23.9 Å². The maximum absolute atomic E-state index is 12.3. The van der Waals surface area contributed by atoms with Crippen LogP contribution in [0.4, 0.5) is 0 Å². The quantitative estimate of drug-likeness (QED) is 0.825. The summed E-state index contributed by atoms with van der Waals surface area (Å²) >= 11 is 0. The van der Waals surface area contributed by atoms with Gasteiger partial charge in [-0.05, 0) is 32.0 Å². The first-order valence-electron chi connectivity index (χ1n) is 6.98. The van der Waals surface area contributed by atoms with E-state index in [9.17, 15) is 13.2 Å². The van der Waals surface area contributed by atoms with Gasteiger partial charge in [0.05, 0.1) is 0 Å². The number of hydrogen-bond donors (Lipinski definition) is 2. The Morgan fingerprint density at radius 1 is 1.52 bits per heavy atom. The van der Waals surface area contributed by atoms with E-state index in [2.05, 4.69) is 9.62 Å². The predicted molar refractivity (Wildman–Crippen MR) is 77.8 cm³/mol. The van der Waals surface area contributed by atoms with Gasteiger partial charge in [-0.1, -0.05) is 6.92 Å². The zero-order valence-corrected chi connectivity index (χ0v) is 13.1. The number of sulfonamides is 1. The van der Waals surface area contributed by atoms with E-state index in [4.69, 9.17) is 5.11 Å². The lowest BCUT2D eigenvalue weighted by atomic mass is 10.1. The number of carboxylic acids is 1. The van der Waals surface area contributed by atoms with Crippen molar-refractivity contribution in [2.45, 2.75) is 30.7 Å². The molecule has 0 spiro atoms. The molecule has 1 aromatic rings. The number of rotatable bonds is 5. The number of aromatic nitrogens is 1. The van der Waals surface area contributed by atoms with Crippen LogP contribution in [0.3, 0.4) is 0 Å². The fourth-order valence-corrected chi connectivity index (χ4v) is 3.95. The van der Waals surface area contributed by atoms with Crippen molar-refractivity contribution in [2.75, 3.05) is 19.6 Å². The van der Waals surface area contributed by atoms with Gasteiger partial charge in [0.15, 0.2) is 0 Å². The molecule has 0 amide bonds. The molecule has 21 heavy (non-hydrogen) atoms. The van der Waals surface area contributed by atoms with Crippen LogP contribution in [0, 0.1) is 0 Å². The summed E-state index contributed by atoms with van der Waals surface area (Å²) in [4.78, 5) is 13.2. The maximum Gasteiger partial charge on any atom is 0.352 e. The molecule has 8 heteroatoms. The van der Waals surface area contributed by atoms with E-state index >= 15 is 0 Å². The molecule has 1 aromatic heterocycles. The van der Waals surface area contributed by atoms with Crippen molar-refractivity contribution in [2.24, 2.45) is 7.05 Å². The van der Waals surface area contributed by atoms with E-state index < -0.39 is 16.0 Å².